The Morgan fingerprint density at radius 1 is 1.27 bits per heavy atom. The molecule has 0 spiro atoms. The smallest absolute Gasteiger partial charge is 0.153 e. The number of rotatable bonds is 4. The molecule has 0 aliphatic carbocycles. The maximum absolute atomic E-state index is 3.56. The van der Waals surface area contributed by atoms with Crippen LogP contribution in [0.1, 0.15) is 27.2 Å². The van der Waals surface area contributed by atoms with E-state index in [0.29, 0.717) is 4.83 Å². The highest BCUT2D eigenvalue weighted by atomic mass is 79.9. The maximum atomic E-state index is 3.56. The second-order valence-electron chi connectivity index (χ2n) is 2.29. The first-order valence-electron chi connectivity index (χ1n) is 3.97. The molecule has 68 valence electrons. The van der Waals surface area contributed by atoms with Crippen LogP contribution in [-0.4, -0.2) is 28.7 Å². The molecule has 0 radical (unpaired) electrons. The van der Waals surface area contributed by atoms with Crippen LogP contribution >= 0.6 is 15.9 Å². The van der Waals surface area contributed by atoms with E-state index in [-0.39, 0.29) is 17.0 Å². The van der Waals surface area contributed by atoms with Gasteiger partial charge in [0, 0.05) is 0 Å². The van der Waals surface area contributed by atoms with Crippen molar-refractivity contribution in [2.45, 2.75) is 32.0 Å². The highest BCUT2D eigenvalue weighted by Gasteiger charge is 2.02. The first kappa shape index (κ1) is 14.2. The fourth-order valence-electron chi connectivity index (χ4n) is 0.769. The van der Waals surface area contributed by atoms with Gasteiger partial charge in [-0.15, -0.1) is 0 Å². The van der Waals surface area contributed by atoms with Crippen LogP contribution in [0.15, 0.2) is 0 Å². The van der Waals surface area contributed by atoms with Crippen LogP contribution in [0.25, 0.3) is 0 Å². The van der Waals surface area contributed by atoms with Crippen molar-refractivity contribution in [3.8, 4) is 0 Å². The lowest BCUT2D eigenvalue weighted by Crippen LogP contribution is -3.00. The fraction of sp³-hybridized carbons (Fsp3) is 0.875. The van der Waals surface area contributed by atoms with E-state index < -0.39 is 0 Å². The van der Waals surface area contributed by atoms with Crippen molar-refractivity contribution < 1.29 is 21.6 Å². The van der Waals surface area contributed by atoms with Gasteiger partial charge in [-0.05, 0) is 20.3 Å². The van der Waals surface area contributed by atoms with Crippen molar-refractivity contribution in [3.63, 3.8) is 0 Å². The molecule has 1 atom stereocenters. The molecular weight excluding hydrogens is 270 g/mol. The molecular formula is C8H17Br2N. The summed E-state index contributed by atoms with van der Waals surface area (Å²) in [4.78, 5) is 0.549. The van der Waals surface area contributed by atoms with Gasteiger partial charge in [0.05, 0.1) is 4.83 Å². The first-order valence-corrected chi connectivity index (χ1v) is 4.89. The summed E-state index contributed by atoms with van der Waals surface area (Å²) in [6.45, 7) is 8.75. The molecule has 0 aliphatic rings. The Balaban J connectivity index is 0. The molecule has 0 heterocycles. The van der Waals surface area contributed by atoms with Crippen LogP contribution < -0.4 is 17.0 Å². The zero-order valence-electron chi connectivity index (χ0n) is 7.48. The maximum Gasteiger partial charge on any atom is 0.153 e. The summed E-state index contributed by atoms with van der Waals surface area (Å²) in [5.41, 5.74) is 0. The molecule has 0 fully saturated rings. The summed E-state index contributed by atoms with van der Waals surface area (Å²) in [6.07, 6.45) is 3.41. The van der Waals surface area contributed by atoms with E-state index in [0.717, 1.165) is 19.5 Å². The molecule has 11 heavy (non-hydrogen) atoms. The molecule has 1 unspecified atom stereocenters. The van der Waals surface area contributed by atoms with Crippen LogP contribution in [0.2, 0.25) is 0 Å². The van der Waals surface area contributed by atoms with Crippen LogP contribution in [0, 0.1) is 0 Å². The summed E-state index contributed by atoms with van der Waals surface area (Å²) in [5.74, 6) is 0. The van der Waals surface area contributed by atoms with E-state index in [9.17, 15) is 0 Å². The van der Waals surface area contributed by atoms with Crippen molar-refractivity contribution in [2.75, 3.05) is 13.1 Å². The summed E-state index contributed by atoms with van der Waals surface area (Å²) in [7, 11) is 0. The number of alkyl halides is 1. The minimum Gasteiger partial charge on any atom is -1.00 e. The molecule has 0 aromatic carbocycles. The minimum absolute atomic E-state index is 0. The average molecular weight is 287 g/mol. The molecule has 3 heteroatoms. The van der Waals surface area contributed by atoms with Crippen LogP contribution in [0.5, 0.6) is 0 Å². The van der Waals surface area contributed by atoms with Gasteiger partial charge in [-0.2, -0.15) is 0 Å². The summed E-state index contributed by atoms with van der Waals surface area (Å²) < 4.78 is 2.31. The van der Waals surface area contributed by atoms with Gasteiger partial charge in [-0.1, -0.05) is 22.9 Å². The van der Waals surface area contributed by atoms with Gasteiger partial charge in [0.15, 0.2) is 6.21 Å². The Morgan fingerprint density at radius 3 is 2.00 bits per heavy atom. The zero-order chi connectivity index (χ0) is 7.98. The lowest BCUT2D eigenvalue weighted by molar-refractivity contribution is -0.516. The molecule has 0 saturated heterocycles. The SMILES string of the molecule is CCC(Br)C=[N+](CC)CC.[Br-]. The number of hydrogen-bond donors (Lipinski definition) is 0. The molecule has 0 amide bonds. The van der Waals surface area contributed by atoms with Crippen LogP contribution in [-0.2, 0) is 0 Å². The van der Waals surface area contributed by atoms with Crippen molar-refractivity contribution in [1.82, 2.24) is 0 Å². The highest BCUT2D eigenvalue weighted by Crippen LogP contribution is 1.99. The van der Waals surface area contributed by atoms with Gasteiger partial charge in [0.25, 0.3) is 0 Å². The topological polar surface area (TPSA) is 3.01 Å². The van der Waals surface area contributed by atoms with Crippen LogP contribution in [0.3, 0.4) is 0 Å². The van der Waals surface area contributed by atoms with E-state index in [4.69, 9.17) is 0 Å². The van der Waals surface area contributed by atoms with Crippen molar-refractivity contribution in [2.24, 2.45) is 0 Å². The zero-order valence-corrected chi connectivity index (χ0v) is 10.7. The standard InChI is InChI=1S/C8H17BrN.BrH/c1-4-8(9)7-10(5-2)6-3;/h7-8H,4-6H2,1-3H3;1H/q+1;/p-1. The second-order valence-corrected chi connectivity index (χ2v) is 3.47. The summed E-state index contributed by atoms with van der Waals surface area (Å²) in [6, 6.07) is 0. The molecule has 0 aromatic heterocycles. The summed E-state index contributed by atoms with van der Waals surface area (Å²) in [5, 5.41) is 0. The van der Waals surface area contributed by atoms with E-state index in [2.05, 4.69) is 47.5 Å². The predicted octanol–water partition coefficient (Wildman–Crippen LogP) is -0.713. The fourth-order valence-corrected chi connectivity index (χ4v) is 1.10. The highest BCUT2D eigenvalue weighted by molar-refractivity contribution is 9.09. The normalized spacial score (nSPS) is 11.6. The van der Waals surface area contributed by atoms with Crippen molar-refractivity contribution in [3.05, 3.63) is 0 Å². The Morgan fingerprint density at radius 2 is 1.73 bits per heavy atom. The van der Waals surface area contributed by atoms with E-state index in [1.807, 2.05) is 0 Å². The minimum atomic E-state index is 0. The predicted molar refractivity (Wildman–Crippen MR) is 50.4 cm³/mol. The van der Waals surface area contributed by atoms with E-state index >= 15 is 0 Å². The van der Waals surface area contributed by atoms with Gasteiger partial charge in [0.2, 0.25) is 0 Å². The Labute approximate surface area is 88.8 Å². The lowest BCUT2D eigenvalue weighted by atomic mass is 10.3. The lowest BCUT2D eigenvalue weighted by Gasteiger charge is -1.99. The van der Waals surface area contributed by atoms with Crippen molar-refractivity contribution in [1.29, 1.82) is 0 Å². The first-order chi connectivity index (χ1) is 4.74. The van der Waals surface area contributed by atoms with E-state index in [1.165, 1.54) is 0 Å². The van der Waals surface area contributed by atoms with Crippen molar-refractivity contribution >= 4 is 22.1 Å². The average Bonchev–Trinajstić information content (AvgIpc) is 1.99. The molecule has 0 saturated carbocycles. The van der Waals surface area contributed by atoms with Gasteiger partial charge in [0.1, 0.15) is 13.1 Å². The molecule has 1 nitrogen and oxygen atoms in total. The third-order valence-corrected chi connectivity index (χ3v) is 2.46. The Hall–Kier alpha value is 0.630. The molecule has 0 aromatic rings. The Kier molecular flexibility index (Phi) is 11.2. The number of halogens is 2. The number of nitrogens with zero attached hydrogens (tertiary/aromatic N) is 1. The molecule has 0 bridgehead atoms. The third kappa shape index (κ3) is 7.01. The van der Waals surface area contributed by atoms with Gasteiger partial charge >= 0.3 is 0 Å². The molecule has 0 aliphatic heterocycles. The van der Waals surface area contributed by atoms with Gasteiger partial charge < -0.3 is 17.0 Å². The van der Waals surface area contributed by atoms with Gasteiger partial charge in [-0.3, -0.25) is 0 Å². The third-order valence-electron chi connectivity index (χ3n) is 1.57. The van der Waals surface area contributed by atoms with E-state index in [1.54, 1.807) is 0 Å². The van der Waals surface area contributed by atoms with Gasteiger partial charge in [-0.25, -0.2) is 4.58 Å². The quantitative estimate of drug-likeness (QED) is 0.365. The Bertz CT molecular complexity index is 107. The molecule has 0 rings (SSSR count). The summed E-state index contributed by atoms with van der Waals surface area (Å²) >= 11 is 3.56. The second kappa shape index (κ2) is 8.72. The molecule has 0 N–H and O–H groups in total. The largest absolute Gasteiger partial charge is 1.00 e. The number of hydrogen-bond acceptors (Lipinski definition) is 0. The van der Waals surface area contributed by atoms with Crippen LogP contribution in [0.4, 0.5) is 0 Å². The monoisotopic (exact) mass is 285 g/mol.